The number of rotatable bonds is 2. The van der Waals surface area contributed by atoms with E-state index < -0.39 is 0 Å². The van der Waals surface area contributed by atoms with E-state index in [2.05, 4.69) is 17.0 Å². The van der Waals surface area contributed by atoms with Gasteiger partial charge in [-0.2, -0.15) is 5.10 Å². The van der Waals surface area contributed by atoms with E-state index in [1.54, 1.807) is 4.68 Å². The second-order valence-electron chi connectivity index (χ2n) is 8.66. The SMILES string of the molecule is Cc1cc(C(=O)N2CCC3(CC2)CC(C(=O)N2CCOCC2)N(C)C3)n(C)n1. The summed E-state index contributed by atoms with van der Waals surface area (Å²) in [6.45, 7) is 6.99. The summed E-state index contributed by atoms with van der Waals surface area (Å²) in [5.74, 6) is 0.303. The van der Waals surface area contributed by atoms with Crippen LogP contribution in [0.1, 0.15) is 35.4 Å². The predicted molar refractivity (Wildman–Crippen MR) is 104 cm³/mol. The van der Waals surface area contributed by atoms with Crippen molar-refractivity contribution in [1.82, 2.24) is 24.5 Å². The predicted octanol–water partition coefficient (Wildman–Crippen LogP) is 0.514. The van der Waals surface area contributed by atoms with Crippen LogP contribution in [0.15, 0.2) is 6.07 Å². The first-order valence-electron chi connectivity index (χ1n) is 10.3. The van der Waals surface area contributed by atoms with E-state index in [0.29, 0.717) is 32.0 Å². The average molecular weight is 390 g/mol. The van der Waals surface area contributed by atoms with Gasteiger partial charge in [0.25, 0.3) is 5.91 Å². The Morgan fingerprint density at radius 2 is 1.79 bits per heavy atom. The van der Waals surface area contributed by atoms with Crippen molar-refractivity contribution in [3.63, 3.8) is 0 Å². The zero-order valence-electron chi connectivity index (χ0n) is 17.2. The van der Waals surface area contributed by atoms with Crippen LogP contribution in [0.4, 0.5) is 0 Å². The van der Waals surface area contributed by atoms with Gasteiger partial charge < -0.3 is 14.5 Å². The summed E-state index contributed by atoms with van der Waals surface area (Å²) < 4.78 is 7.05. The topological polar surface area (TPSA) is 70.9 Å². The number of hydrogen-bond donors (Lipinski definition) is 0. The van der Waals surface area contributed by atoms with Crippen LogP contribution < -0.4 is 0 Å². The van der Waals surface area contributed by atoms with E-state index in [1.807, 2.05) is 29.8 Å². The molecule has 1 aromatic heterocycles. The van der Waals surface area contributed by atoms with Gasteiger partial charge in [-0.25, -0.2) is 0 Å². The first kappa shape index (κ1) is 19.4. The zero-order valence-corrected chi connectivity index (χ0v) is 17.2. The summed E-state index contributed by atoms with van der Waals surface area (Å²) in [7, 11) is 3.88. The highest BCUT2D eigenvalue weighted by Gasteiger charge is 2.48. The molecule has 0 bridgehead atoms. The Morgan fingerprint density at radius 1 is 1.11 bits per heavy atom. The van der Waals surface area contributed by atoms with Gasteiger partial charge in [0.2, 0.25) is 5.91 Å². The van der Waals surface area contributed by atoms with Gasteiger partial charge in [0, 0.05) is 39.8 Å². The van der Waals surface area contributed by atoms with E-state index in [-0.39, 0.29) is 23.3 Å². The molecule has 3 saturated heterocycles. The largest absolute Gasteiger partial charge is 0.378 e. The molecule has 1 spiro atoms. The van der Waals surface area contributed by atoms with Gasteiger partial charge >= 0.3 is 0 Å². The van der Waals surface area contributed by atoms with E-state index in [0.717, 1.165) is 44.6 Å². The molecule has 28 heavy (non-hydrogen) atoms. The van der Waals surface area contributed by atoms with Crippen molar-refractivity contribution >= 4 is 11.8 Å². The first-order chi connectivity index (χ1) is 13.4. The average Bonchev–Trinajstić information content (AvgIpc) is 3.20. The third-order valence-corrected chi connectivity index (χ3v) is 6.68. The van der Waals surface area contributed by atoms with Crippen molar-refractivity contribution < 1.29 is 14.3 Å². The van der Waals surface area contributed by atoms with E-state index in [4.69, 9.17) is 4.74 Å². The molecule has 3 aliphatic heterocycles. The van der Waals surface area contributed by atoms with Crippen molar-refractivity contribution in [3.8, 4) is 0 Å². The molecule has 3 aliphatic rings. The maximum absolute atomic E-state index is 13.0. The Labute approximate surface area is 166 Å². The van der Waals surface area contributed by atoms with Crippen LogP contribution in [0, 0.1) is 12.3 Å². The third kappa shape index (κ3) is 3.55. The standard InChI is InChI=1S/C20H31N5O3/c1-15-12-16(23(3)21-15)18(26)24-6-4-20(5-7-24)13-17(22(2)14-20)19(27)25-8-10-28-11-9-25/h12,17H,4-11,13-14H2,1-3H3. The molecule has 0 saturated carbocycles. The van der Waals surface area contributed by atoms with Crippen LogP contribution >= 0.6 is 0 Å². The summed E-state index contributed by atoms with van der Waals surface area (Å²) in [6.07, 6.45) is 2.80. The van der Waals surface area contributed by atoms with Crippen molar-refractivity contribution in [1.29, 1.82) is 0 Å². The molecular formula is C20H31N5O3. The Hall–Kier alpha value is -1.93. The van der Waals surface area contributed by atoms with Crippen LogP contribution in [0.3, 0.4) is 0 Å². The van der Waals surface area contributed by atoms with Gasteiger partial charge in [-0.05, 0) is 44.7 Å². The molecular weight excluding hydrogens is 358 g/mol. The second kappa shape index (κ2) is 7.48. The van der Waals surface area contributed by atoms with Gasteiger partial charge in [-0.15, -0.1) is 0 Å². The lowest BCUT2D eigenvalue weighted by molar-refractivity contribution is -0.139. The smallest absolute Gasteiger partial charge is 0.272 e. The van der Waals surface area contributed by atoms with Gasteiger partial charge in [0.1, 0.15) is 5.69 Å². The third-order valence-electron chi connectivity index (χ3n) is 6.68. The zero-order chi connectivity index (χ0) is 19.9. The van der Waals surface area contributed by atoms with E-state index in [1.165, 1.54) is 0 Å². The molecule has 0 radical (unpaired) electrons. The van der Waals surface area contributed by atoms with Crippen LogP contribution in [0.2, 0.25) is 0 Å². The number of aryl methyl sites for hydroxylation is 2. The molecule has 1 atom stereocenters. The highest BCUT2D eigenvalue weighted by atomic mass is 16.5. The fourth-order valence-corrected chi connectivity index (χ4v) is 5.06. The van der Waals surface area contributed by atoms with Crippen LogP contribution in [-0.4, -0.2) is 95.3 Å². The maximum Gasteiger partial charge on any atom is 0.272 e. The normalized spacial score (nSPS) is 25.5. The number of likely N-dealkylation sites (N-methyl/N-ethyl adjacent to an activating group) is 1. The summed E-state index contributed by atoms with van der Waals surface area (Å²) in [4.78, 5) is 32.0. The number of ether oxygens (including phenoxy) is 1. The number of carbonyl (C=O) groups excluding carboxylic acids is 2. The molecule has 8 heteroatoms. The highest BCUT2D eigenvalue weighted by molar-refractivity contribution is 5.92. The number of piperidine rings is 1. The summed E-state index contributed by atoms with van der Waals surface area (Å²) in [5, 5.41) is 4.29. The van der Waals surface area contributed by atoms with Gasteiger partial charge in [-0.3, -0.25) is 19.2 Å². The summed E-state index contributed by atoms with van der Waals surface area (Å²) in [5.41, 5.74) is 1.65. The quantitative estimate of drug-likeness (QED) is 0.737. The van der Waals surface area contributed by atoms with Crippen molar-refractivity contribution in [3.05, 3.63) is 17.5 Å². The first-order valence-corrected chi connectivity index (χ1v) is 10.3. The molecule has 4 heterocycles. The molecule has 1 aromatic rings. The van der Waals surface area contributed by atoms with Crippen molar-refractivity contribution in [2.24, 2.45) is 12.5 Å². The minimum atomic E-state index is -0.0416. The Balaban J connectivity index is 1.38. The molecule has 2 amide bonds. The maximum atomic E-state index is 13.0. The van der Waals surface area contributed by atoms with Gasteiger partial charge in [0.15, 0.2) is 0 Å². The second-order valence-corrected chi connectivity index (χ2v) is 8.66. The number of likely N-dealkylation sites (tertiary alicyclic amines) is 2. The number of morpholine rings is 1. The number of hydrogen-bond acceptors (Lipinski definition) is 5. The number of aromatic nitrogens is 2. The summed E-state index contributed by atoms with van der Waals surface area (Å²) >= 11 is 0. The number of nitrogens with zero attached hydrogens (tertiary/aromatic N) is 5. The molecule has 8 nitrogen and oxygen atoms in total. The summed E-state index contributed by atoms with van der Waals surface area (Å²) in [6, 6.07) is 1.81. The minimum Gasteiger partial charge on any atom is -0.378 e. The Kier molecular flexibility index (Phi) is 5.18. The van der Waals surface area contributed by atoms with E-state index >= 15 is 0 Å². The van der Waals surface area contributed by atoms with Crippen LogP contribution in [0.25, 0.3) is 0 Å². The van der Waals surface area contributed by atoms with E-state index in [9.17, 15) is 9.59 Å². The molecule has 4 rings (SSSR count). The van der Waals surface area contributed by atoms with Crippen molar-refractivity contribution in [2.75, 3.05) is 53.0 Å². The fourth-order valence-electron chi connectivity index (χ4n) is 5.06. The lowest BCUT2D eigenvalue weighted by atomic mass is 9.76. The van der Waals surface area contributed by atoms with Gasteiger partial charge in [-0.1, -0.05) is 0 Å². The molecule has 0 aromatic carbocycles. The van der Waals surface area contributed by atoms with Crippen LogP contribution in [0.5, 0.6) is 0 Å². The van der Waals surface area contributed by atoms with Crippen molar-refractivity contribution in [2.45, 2.75) is 32.2 Å². The fraction of sp³-hybridized carbons (Fsp3) is 0.750. The molecule has 154 valence electrons. The minimum absolute atomic E-state index is 0.0416. The lowest BCUT2D eigenvalue weighted by Crippen LogP contribution is -2.48. The Morgan fingerprint density at radius 3 is 2.39 bits per heavy atom. The number of amides is 2. The molecule has 0 N–H and O–H groups in total. The monoisotopic (exact) mass is 389 g/mol. The molecule has 1 unspecified atom stereocenters. The molecule has 0 aliphatic carbocycles. The number of carbonyl (C=O) groups is 2. The Bertz CT molecular complexity index is 747. The van der Waals surface area contributed by atoms with Gasteiger partial charge in [0.05, 0.1) is 24.9 Å². The molecule has 3 fully saturated rings. The highest BCUT2D eigenvalue weighted by Crippen LogP contribution is 2.43. The lowest BCUT2D eigenvalue weighted by Gasteiger charge is -2.39. The van der Waals surface area contributed by atoms with Crippen LogP contribution in [-0.2, 0) is 16.6 Å².